The van der Waals surface area contributed by atoms with E-state index < -0.39 is 0 Å². The van der Waals surface area contributed by atoms with Gasteiger partial charge in [0, 0.05) is 18.5 Å². The Morgan fingerprint density at radius 2 is 1.94 bits per heavy atom. The fourth-order valence-electron chi connectivity index (χ4n) is 2.23. The van der Waals surface area contributed by atoms with Crippen molar-refractivity contribution in [3.63, 3.8) is 0 Å². The number of para-hydroxylation sites is 2. The van der Waals surface area contributed by atoms with Crippen molar-refractivity contribution in [2.45, 2.75) is 46.2 Å². The molecule has 2 N–H and O–H groups in total. The molecule has 3 nitrogen and oxygen atoms in total. The number of benzene rings is 1. The third-order valence-corrected chi connectivity index (χ3v) is 2.89. The zero-order valence-electron chi connectivity index (χ0n) is 11.8. The largest absolute Gasteiger partial charge is 0.326 e. The summed E-state index contributed by atoms with van der Waals surface area (Å²) in [4.78, 5) is 4.74. The van der Waals surface area contributed by atoms with E-state index in [1.165, 1.54) is 5.52 Å². The van der Waals surface area contributed by atoms with E-state index in [9.17, 15) is 0 Å². The predicted molar refractivity (Wildman–Crippen MR) is 76.5 cm³/mol. The number of rotatable bonds is 4. The SMILES string of the molecule is CC(C)Cc1nc2ccccc2n1CC(C)(C)N. The van der Waals surface area contributed by atoms with E-state index in [0.29, 0.717) is 5.92 Å². The van der Waals surface area contributed by atoms with Gasteiger partial charge in [-0.05, 0) is 31.9 Å². The first-order chi connectivity index (χ1) is 8.37. The summed E-state index contributed by atoms with van der Waals surface area (Å²) in [6.07, 6.45) is 0.991. The molecule has 0 saturated carbocycles. The first-order valence-corrected chi connectivity index (χ1v) is 6.60. The van der Waals surface area contributed by atoms with Crippen LogP contribution in [0.25, 0.3) is 11.0 Å². The average molecular weight is 245 g/mol. The van der Waals surface area contributed by atoms with Gasteiger partial charge in [-0.3, -0.25) is 0 Å². The normalized spacial score (nSPS) is 12.6. The molecule has 1 aromatic carbocycles. The summed E-state index contributed by atoms with van der Waals surface area (Å²) in [5.41, 5.74) is 8.20. The zero-order chi connectivity index (χ0) is 13.3. The molecule has 0 radical (unpaired) electrons. The Labute approximate surface area is 109 Å². The lowest BCUT2D eigenvalue weighted by molar-refractivity contribution is 0.426. The molecule has 1 heterocycles. The number of imidazole rings is 1. The maximum atomic E-state index is 6.17. The van der Waals surface area contributed by atoms with Gasteiger partial charge in [0.25, 0.3) is 0 Å². The van der Waals surface area contributed by atoms with Crippen molar-refractivity contribution in [1.82, 2.24) is 9.55 Å². The Balaban J connectivity index is 2.50. The number of nitrogens with zero attached hydrogens (tertiary/aromatic N) is 2. The summed E-state index contributed by atoms with van der Waals surface area (Å²) >= 11 is 0. The monoisotopic (exact) mass is 245 g/mol. The first-order valence-electron chi connectivity index (χ1n) is 6.60. The van der Waals surface area contributed by atoms with Gasteiger partial charge in [-0.25, -0.2) is 4.98 Å². The number of fused-ring (bicyclic) bond motifs is 1. The fourth-order valence-corrected chi connectivity index (χ4v) is 2.23. The molecular weight excluding hydrogens is 222 g/mol. The molecule has 0 atom stereocenters. The Bertz CT molecular complexity index is 532. The minimum absolute atomic E-state index is 0.227. The lowest BCUT2D eigenvalue weighted by atomic mass is 10.1. The molecule has 0 spiro atoms. The van der Waals surface area contributed by atoms with E-state index in [-0.39, 0.29) is 5.54 Å². The second-order valence-corrected chi connectivity index (χ2v) is 6.19. The molecule has 0 bridgehead atoms. The molecule has 0 unspecified atom stereocenters. The summed E-state index contributed by atoms with van der Waals surface area (Å²) in [5, 5.41) is 0. The molecule has 98 valence electrons. The summed E-state index contributed by atoms with van der Waals surface area (Å²) in [5.74, 6) is 1.74. The summed E-state index contributed by atoms with van der Waals surface area (Å²) in [6, 6.07) is 8.28. The number of nitrogens with two attached hydrogens (primary N) is 1. The van der Waals surface area contributed by atoms with Gasteiger partial charge in [-0.1, -0.05) is 26.0 Å². The Morgan fingerprint density at radius 3 is 2.56 bits per heavy atom. The highest BCUT2D eigenvalue weighted by atomic mass is 15.1. The van der Waals surface area contributed by atoms with Gasteiger partial charge in [-0.2, -0.15) is 0 Å². The first kappa shape index (κ1) is 13.1. The van der Waals surface area contributed by atoms with Crippen LogP contribution in [0, 0.1) is 5.92 Å². The van der Waals surface area contributed by atoms with Crippen molar-refractivity contribution in [2.24, 2.45) is 11.7 Å². The van der Waals surface area contributed by atoms with E-state index >= 15 is 0 Å². The molecule has 18 heavy (non-hydrogen) atoms. The molecule has 0 amide bonds. The molecule has 3 heteroatoms. The number of hydrogen-bond donors (Lipinski definition) is 1. The van der Waals surface area contributed by atoms with Gasteiger partial charge in [0.15, 0.2) is 0 Å². The fraction of sp³-hybridized carbons (Fsp3) is 0.533. The summed E-state index contributed by atoms with van der Waals surface area (Å²) in [6.45, 7) is 9.35. The van der Waals surface area contributed by atoms with Crippen LogP contribution < -0.4 is 5.73 Å². The third kappa shape index (κ3) is 2.91. The summed E-state index contributed by atoms with van der Waals surface area (Å²) < 4.78 is 2.27. The van der Waals surface area contributed by atoms with E-state index in [0.717, 1.165) is 24.3 Å². The van der Waals surface area contributed by atoms with Crippen molar-refractivity contribution in [1.29, 1.82) is 0 Å². The van der Waals surface area contributed by atoms with Crippen molar-refractivity contribution < 1.29 is 0 Å². The van der Waals surface area contributed by atoms with Gasteiger partial charge >= 0.3 is 0 Å². The number of aromatic nitrogens is 2. The quantitative estimate of drug-likeness (QED) is 0.900. The van der Waals surface area contributed by atoms with E-state index in [1.54, 1.807) is 0 Å². The van der Waals surface area contributed by atoms with Crippen molar-refractivity contribution in [2.75, 3.05) is 0 Å². The molecule has 2 aromatic rings. The second-order valence-electron chi connectivity index (χ2n) is 6.19. The van der Waals surface area contributed by atoms with E-state index in [1.807, 2.05) is 6.07 Å². The van der Waals surface area contributed by atoms with E-state index in [4.69, 9.17) is 10.7 Å². The standard InChI is InChI=1S/C15H23N3/c1-11(2)9-14-17-12-7-5-6-8-13(12)18(14)10-15(3,4)16/h5-8,11H,9-10,16H2,1-4H3. The average Bonchev–Trinajstić information content (AvgIpc) is 2.54. The molecular formula is C15H23N3. The van der Waals surface area contributed by atoms with Crippen LogP contribution in [-0.2, 0) is 13.0 Å². The van der Waals surface area contributed by atoms with Crippen LogP contribution in [-0.4, -0.2) is 15.1 Å². The Hall–Kier alpha value is -1.35. The minimum atomic E-state index is -0.227. The van der Waals surface area contributed by atoms with Crippen LogP contribution in [0.1, 0.15) is 33.5 Å². The molecule has 2 rings (SSSR count). The van der Waals surface area contributed by atoms with Crippen LogP contribution >= 0.6 is 0 Å². The second kappa shape index (κ2) is 4.73. The maximum Gasteiger partial charge on any atom is 0.110 e. The molecule has 0 saturated heterocycles. The van der Waals surface area contributed by atoms with Crippen LogP contribution in [0.5, 0.6) is 0 Å². The lowest BCUT2D eigenvalue weighted by Gasteiger charge is -2.21. The van der Waals surface area contributed by atoms with Gasteiger partial charge < -0.3 is 10.3 Å². The van der Waals surface area contributed by atoms with Crippen LogP contribution in [0.15, 0.2) is 24.3 Å². The topological polar surface area (TPSA) is 43.8 Å². The molecule has 0 aliphatic carbocycles. The molecule has 0 aliphatic rings. The van der Waals surface area contributed by atoms with Crippen molar-refractivity contribution in [3.05, 3.63) is 30.1 Å². The third-order valence-electron chi connectivity index (χ3n) is 2.89. The molecule has 0 fully saturated rings. The van der Waals surface area contributed by atoms with Crippen LogP contribution in [0.3, 0.4) is 0 Å². The van der Waals surface area contributed by atoms with Crippen LogP contribution in [0.4, 0.5) is 0 Å². The smallest absolute Gasteiger partial charge is 0.110 e. The summed E-state index contributed by atoms with van der Waals surface area (Å²) in [7, 11) is 0. The molecule has 0 aliphatic heterocycles. The van der Waals surface area contributed by atoms with Crippen molar-refractivity contribution in [3.8, 4) is 0 Å². The molecule has 1 aromatic heterocycles. The zero-order valence-corrected chi connectivity index (χ0v) is 11.8. The predicted octanol–water partition coefficient (Wildman–Crippen LogP) is 2.97. The maximum absolute atomic E-state index is 6.17. The highest BCUT2D eigenvalue weighted by molar-refractivity contribution is 5.75. The Morgan fingerprint density at radius 1 is 1.28 bits per heavy atom. The lowest BCUT2D eigenvalue weighted by Crippen LogP contribution is -2.37. The van der Waals surface area contributed by atoms with Gasteiger partial charge in [0.2, 0.25) is 0 Å². The van der Waals surface area contributed by atoms with Gasteiger partial charge in [0.05, 0.1) is 11.0 Å². The Kier molecular flexibility index (Phi) is 3.44. The van der Waals surface area contributed by atoms with Gasteiger partial charge in [0.1, 0.15) is 5.82 Å². The minimum Gasteiger partial charge on any atom is -0.326 e. The van der Waals surface area contributed by atoms with Crippen molar-refractivity contribution >= 4 is 11.0 Å². The highest BCUT2D eigenvalue weighted by Crippen LogP contribution is 2.20. The van der Waals surface area contributed by atoms with Crippen LogP contribution in [0.2, 0.25) is 0 Å². The highest BCUT2D eigenvalue weighted by Gasteiger charge is 2.18. The number of hydrogen-bond acceptors (Lipinski definition) is 2. The van der Waals surface area contributed by atoms with Gasteiger partial charge in [-0.15, -0.1) is 0 Å². The van der Waals surface area contributed by atoms with E-state index in [2.05, 4.69) is 50.5 Å².